The Balaban J connectivity index is 3.33. The molecule has 1 radical (unpaired) electrons. The molecule has 55 valence electrons. The summed E-state index contributed by atoms with van der Waals surface area (Å²) in [5.74, 6) is 0. The van der Waals surface area contributed by atoms with Gasteiger partial charge in [-0.2, -0.15) is 0 Å². The van der Waals surface area contributed by atoms with E-state index in [9.17, 15) is 0 Å². The van der Waals surface area contributed by atoms with Gasteiger partial charge < -0.3 is 9.47 Å². The summed E-state index contributed by atoms with van der Waals surface area (Å²) in [6.07, 6.45) is 0.760. The van der Waals surface area contributed by atoms with E-state index in [4.69, 9.17) is 9.47 Å². The molecule has 0 amide bonds. The molecule has 0 bridgehead atoms. The Labute approximate surface area is 57.2 Å². The Kier molecular flexibility index (Phi) is 3.82. The second-order valence-corrected chi connectivity index (χ2v) is 2.56. The molecule has 0 saturated carbocycles. The Morgan fingerprint density at radius 2 is 2.00 bits per heavy atom. The van der Waals surface area contributed by atoms with Crippen molar-refractivity contribution >= 4 is 0 Å². The van der Waals surface area contributed by atoms with Gasteiger partial charge in [-0.05, 0) is 20.3 Å². The van der Waals surface area contributed by atoms with Gasteiger partial charge in [-0.15, -0.1) is 0 Å². The lowest BCUT2D eigenvalue weighted by Gasteiger charge is -2.22. The van der Waals surface area contributed by atoms with Crippen molar-refractivity contribution in [3.05, 3.63) is 6.92 Å². The van der Waals surface area contributed by atoms with Gasteiger partial charge in [-0.1, -0.05) is 6.92 Å². The number of hydrogen-bond donors (Lipinski definition) is 0. The predicted molar refractivity (Wildman–Crippen MR) is 37.0 cm³/mol. The molecule has 0 saturated heterocycles. The van der Waals surface area contributed by atoms with E-state index in [0.29, 0.717) is 6.79 Å². The maximum absolute atomic E-state index is 5.24. The molecular formula is C7H15O2. The van der Waals surface area contributed by atoms with E-state index in [-0.39, 0.29) is 5.60 Å². The first-order chi connectivity index (χ1) is 4.12. The summed E-state index contributed by atoms with van der Waals surface area (Å²) in [6.45, 7) is 8.05. The van der Waals surface area contributed by atoms with Crippen molar-refractivity contribution in [1.29, 1.82) is 0 Å². The number of ether oxygens (including phenoxy) is 2. The Morgan fingerprint density at radius 1 is 1.44 bits per heavy atom. The largest absolute Gasteiger partial charge is 0.359 e. The monoisotopic (exact) mass is 131 g/mol. The first-order valence-corrected chi connectivity index (χ1v) is 3.04. The van der Waals surface area contributed by atoms with Crippen LogP contribution in [-0.4, -0.2) is 19.5 Å². The normalized spacial score (nSPS) is 12.0. The van der Waals surface area contributed by atoms with Gasteiger partial charge >= 0.3 is 0 Å². The van der Waals surface area contributed by atoms with Crippen LogP contribution in [0.4, 0.5) is 0 Å². The Hall–Kier alpha value is -0.0800. The molecule has 2 nitrogen and oxygen atoms in total. The molecule has 0 unspecified atom stereocenters. The fourth-order valence-corrected chi connectivity index (χ4v) is 0.291. The highest BCUT2D eigenvalue weighted by molar-refractivity contribution is 4.67. The molecule has 0 fully saturated rings. The molecule has 2 heteroatoms. The molecule has 0 aromatic carbocycles. The third kappa shape index (κ3) is 4.43. The summed E-state index contributed by atoms with van der Waals surface area (Å²) in [5.41, 5.74) is -0.143. The molecule has 0 aromatic heterocycles. The highest BCUT2D eigenvalue weighted by atomic mass is 16.7. The standard InChI is InChI=1S/C7H15O2/c1-5-7(2,3)9-6-8-4/h1,5-6H2,2-4H3. The van der Waals surface area contributed by atoms with Crippen molar-refractivity contribution in [1.82, 2.24) is 0 Å². The molecular weight excluding hydrogens is 116 g/mol. The average Bonchev–Trinajstić information content (AvgIpc) is 1.84. The molecule has 0 spiro atoms. The minimum absolute atomic E-state index is 0.143. The van der Waals surface area contributed by atoms with Crippen LogP contribution in [-0.2, 0) is 9.47 Å². The molecule has 0 heterocycles. The number of hydrogen-bond acceptors (Lipinski definition) is 2. The zero-order chi connectivity index (χ0) is 7.33. The highest BCUT2D eigenvalue weighted by Crippen LogP contribution is 2.12. The first-order valence-electron chi connectivity index (χ1n) is 3.04. The lowest BCUT2D eigenvalue weighted by Crippen LogP contribution is -2.24. The van der Waals surface area contributed by atoms with Crippen LogP contribution < -0.4 is 0 Å². The summed E-state index contributed by atoms with van der Waals surface area (Å²) in [5, 5.41) is 0. The van der Waals surface area contributed by atoms with Crippen molar-refractivity contribution < 1.29 is 9.47 Å². The third-order valence-electron chi connectivity index (χ3n) is 1.17. The smallest absolute Gasteiger partial charge is 0.147 e. The minimum atomic E-state index is -0.143. The van der Waals surface area contributed by atoms with Crippen LogP contribution in [0.5, 0.6) is 0 Å². The van der Waals surface area contributed by atoms with E-state index in [1.807, 2.05) is 13.8 Å². The maximum Gasteiger partial charge on any atom is 0.147 e. The van der Waals surface area contributed by atoms with Crippen LogP contribution in [0.1, 0.15) is 20.3 Å². The van der Waals surface area contributed by atoms with Crippen LogP contribution in [0.15, 0.2) is 0 Å². The lowest BCUT2D eigenvalue weighted by molar-refractivity contribution is -0.112. The number of rotatable bonds is 4. The van der Waals surface area contributed by atoms with E-state index < -0.39 is 0 Å². The molecule has 0 aromatic rings. The van der Waals surface area contributed by atoms with Crippen LogP contribution in [0, 0.1) is 6.92 Å². The van der Waals surface area contributed by atoms with Gasteiger partial charge in [0.05, 0.1) is 5.60 Å². The van der Waals surface area contributed by atoms with E-state index >= 15 is 0 Å². The van der Waals surface area contributed by atoms with Crippen LogP contribution in [0.25, 0.3) is 0 Å². The Bertz CT molecular complexity index is 69.3. The SMILES string of the molecule is [CH2]CC(C)(C)OCOC. The van der Waals surface area contributed by atoms with Gasteiger partial charge in [-0.3, -0.25) is 0 Å². The van der Waals surface area contributed by atoms with E-state index in [2.05, 4.69) is 6.92 Å². The topological polar surface area (TPSA) is 18.5 Å². The van der Waals surface area contributed by atoms with E-state index in [1.54, 1.807) is 7.11 Å². The summed E-state index contributed by atoms with van der Waals surface area (Å²) >= 11 is 0. The van der Waals surface area contributed by atoms with E-state index in [1.165, 1.54) is 0 Å². The second kappa shape index (κ2) is 3.85. The van der Waals surface area contributed by atoms with Gasteiger partial charge in [-0.25, -0.2) is 0 Å². The zero-order valence-corrected chi connectivity index (χ0v) is 6.44. The fourth-order valence-electron chi connectivity index (χ4n) is 0.291. The summed E-state index contributed by atoms with van der Waals surface area (Å²) in [6, 6.07) is 0. The molecule has 0 aliphatic carbocycles. The van der Waals surface area contributed by atoms with Crippen molar-refractivity contribution in [2.24, 2.45) is 0 Å². The lowest BCUT2D eigenvalue weighted by atomic mass is 10.1. The summed E-state index contributed by atoms with van der Waals surface area (Å²) in [4.78, 5) is 0. The average molecular weight is 131 g/mol. The molecule has 0 atom stereocenters. The molecule has 0 N–H and O–H groups in total. The molecule has 9 heavy (non-hydrogen) atoms. The van der Waals surface area contributed by atoms with Gasteiger partial charge in [0, 0.05) is 7.11 Å². The third-order valence-corrected chi connectivity index (χ3v) is 1.17. The van der Waals surface area contributed by atoms with Gasteiger partial charge in [0.25, 0.3) is 0 Å². The first kappa shape index (κ1) is 8.92. The van der Waals surface area contributed by atoms with Crippen molar-refractivity contribution in [2.75, 3.05) is 13.9 Å². The predicted octanol–water partition coefficient (Wildman–Crippen LogP) is 1.61. The van der Waals surface area contributed by atoms with Crippen molar-refractivity contribution in [3.8, 4) is 0 Å². The van der Waals surface area contributed by atoms with Crippen molar-refractivity contribution in [3.63, 3.8) is 0 Å². The van der Waals surface area contributed by atoms with Gasteiger partial charge in [0.1, 0.15) is 6.79 Å². The highest BCUT2D eigenvalue weighted by Gasteiger charge is 2.13. The molecule has 0 aliphatic heterocycles. The maximum atomic E-state index is 5.24. The summed E-state index contributed by atoms with van der Waals surface area (Å²) in [7, 11) is 1.61. The van der Waals surface area contributed by atoms with Crippen LogP contribution in [0.3, 0.4) is 0 Å². The molecule has 0 rings (SSSR count). The molecule has 0 aliphatic rings. The number of methoxy groups -OCH3 is 1. The van der Waals surface area contributed by atoms with Gasteiger partial charge in [0.15, 0.2) is 0 Å². The quantitative estimate of drug-likeness (QED) is 0.540. The Morgan fingerprint density at radius 3 is 2.33 bits per heavy atom. The van der Waals surface area contributed by atoms with E-state index in [0.717, 1.165) is 6.42 Å². The summed E-state index contributed by atoms with van der Waals surface area (Å²) < 4.78 is 9.97. The van der Waals surface area contributed by atoms with Crippen LogP contribution in [0.2, 0.25) is 0 Å². The minimum Gasteiger partial charge on any atom is -0.359 e. The van der Waals surface area contributed by atoms with Gasteiger partial charge in [0.2, 0.25) is 0 Å². The second-order valence-electron chi connectivity index (χ2n) is 2.56. The van der Waals surface area contributed by atoms with Crippen LogP contribution >= 0.6 is 0 Å². The fraction of sp³-hybridized carbons (Fsp3) is 0.857. The zero-order valence-electron chi connectivity index (χ0n) is 6.44. The van der Waals surface area contributed by atoms with Crippen molar-refractivity contribution in [2.45, 2.75) is 25.9 Å².